The average Bonchev–Trinajstić information content (AvgIpc) is 2.78. The summed E-state index contributed by atoms with van der Waals surface area (Å²) in [6.45, 7) is 6.91. The number of nitrogens with one attached hydrogen (secondary N) is 1. The number of piperazine rings is 1. The number of benzene rings is 2. The van der Waals surface area contributed by atoms with Crippen molar-refractivity contribution in [3.05, 3.63) is 53.1 Å². The van der Waals surface area contributed by atoms with Crippen LogP contribution in [0.2, 0.25) is 5.02 Å². The van der Waals surface area contributed by atoms with E-state index in [-0.39, 0.29) is 17.4 Å². The van der Waals surface area contributed by atoms with Gasteiger partial charge in [0.25, 0.3) is 5.91 Å². The molecule has 0 spiro atoms. The van der Waals surface area contributed by atoms with E-state index in [4.69, 9.17) is 16.3 Å². The lowest BCUT2D eigenvalue weighted by atomic mass is 10.1. The van der Waals surface area contributed by atoms with E-state index in [0.29, 0.717) is 30.4 Å². The van der Waals surface area contributed by atoms with Gasteiger partial charge >= 0.3 is 0 Å². The standard InChI is InChI=1S/C22H28ClN3O4S/c1-3-10-24-31(28,29)20-8-6-19(7-9-20)30-16-22(27)26-13-11-25(12-14-26)21-15-18(23)5-4-17(21)2/h4-9,15,24H,3,10-14,16H2,1-2H3. The number of hydrogen-bond acceptors (Lipinski definition) is 5. The Kier molecular flexibility index (Phi) is 7.80. The Hall–Kier alpha value is -2.29. The highest BCUT2D eigenvalue weighted by Gasteiger charge is 2.22. The summed E-state index contributed by atoms with van der Waals surface area (Å²) in [5, 5.41) is 0.701. The Morgan fingerprint density at radius 1 is 1.10 bits per heavy atom. The first-order chi connectivity index (χ1) is 14.8. The van der Waals surface area contributed by atoms with Crippen LogP contribution in [0.1, 0.15) is 18.9 Å². The monoisotopic (exact) mass is 465 g/mol. The molecule has 0 atom stereocenters. The summed E-state index contributed by atoms with van der Waals surface area (Å²) in [5.41, 5.74) is 2.25. The zero-order valence-electron chi connectivity index (χ0n) is 17.8. The first kappa shape index (κ1) is 23.4. The third kappa shape index (κ3) is 6.12. The van der Waals surface area contributed by atoms with E-state index in [2.05, 4.69) is 9.62 Å². The maximum atomic E-state index is 12.5. The smallest absolute Gasteiger partial charge is 0.260 e. The van der Waals surface area contributed by atoms with E-state index >= 15 is 0 Å². The molecule has 3 rings (SSSR count). The molecule has 168 valence electrons. The zero-order valence-corrected chi connectivity index (χ0v) is 19.4. The van der Waals surface area contributed by atoms with Crippen molar-refractivity contribution in [3.8, 4) is 5.75 Å². The molecule has 7 nitrogen and oxygen atoms in total. The van der Waals surface area contributed by atoms with Gasteiger partial charge in [0.1, 0.15) is 5.75 Å². The first-order valence-electron chi connectivity index (χ1n) is 10.3. The van der Waals surface area contributed by atoms with Gasteiger partial charge in [-0.15, -0.1) is 0 Å². The molecule has 1 N–H and O–H groups in total. The Labute approximate surface area is 189 Å². The molecule has 0 unspecified atom stereocenters. The summed E-state index contributed by atoms with van der Waals surface area (Å²) in [6, 6.07) is 11.9. The van der Waals surface area contributed by atoms with Crippen LogP contribution in [0.3, 0.4) is 0 Å². The van der Waals surface area contributed by atoms with Gasteiger partial charge in [0.05, 0.1) is 4.90 Å². The largest absolute Gasteiger partial charge is 0.484 e. The van der Waals surface area contributed by atoms with Crippen LogP contribution < -0.4 is 14.4 Å². The van der Waals surface area contributed by atoms with Gasteiger partial charge in [0, 0.05) is 43.4 Å². The van der Waals surface area contributed by atoms with E-state index < -0.39 is 10.0 Å². The van der Waals surface area contributed by atoms with Crippen LogP contribution in [0.5, 0.6) is 5.75 Å². The van der Waals surface area contributed by atoms with E-state index in [1.165, 1.54) is 12.1 Å². The van der Waals surface area contributed by atoms with Crippen molar-refractivity contribution in [2.45, 2.75) is 25.2 Å². The predicted octanol–water partition coefficient (Wildman–Crippen LogP) is 3.06. The number of carbonyl (C=O) groups excluding carboxylic acids is 1. The van der Waals surface area contributed by atoms with Crippen molar-refractivity contribution < 1.29 is 17.9 Å². The number of ether oxygens (including phenoxy) is 1. The number of nitrogens with zero attached hydrogens (tertiary/aromatic N) is 2. The Morgan fingerprint density at radius 3 is 2.42 bits per heavy atom. The fourth-order valence-electron chi connectivity index (χ4n) is 3.39. The molecular weight excluding hydrogens is 438 g/mol. The topological polar surface area (TPSA) is 78.9 Å². The van der Waals surface area contributed by atoms with Crippen LogP contribution in [-0.4, -0.2) is 58.6 Å². The van der Waals surface area contributed by atoms with Gasteiger partial charge in [-0.05, 0) is 55.3 Å². The molecule has 1 heterocycles. The average molecular weight is 466 g/mol. The zero-order chi connectivity index (χ0) is 22.4. The van der Waals surface area contributed by atoms with E-state index in [9.17, 15) is 13.2 Å². The van der Waals surface area contributed by atoms with Crippen LogP contribution in [0.25, 0.3) is 0 Å². The molecule has 0 radical (unpaired) electrons. The second-order valence-electron chi connectivity index (χ2n) is 7.46. The molecule has 1 amide bonds. The molecule has 1 aliphatic rings. The normalized spacial score (nSPS) is 14.5. The molecule has 1 aliphatic heterocycles. The Bertz CT molecular complexity index is 1000. The van der Waals surface area contributed by atoms with Gasteiger partial charge < -0.3 is 14.5 Å². The summed E-state index contributed by atoms with van der Waals surface area (Å²) in [7, 11) is -3.52. The summed E-state index contributed by atoms with van der Waals surface area (Å²) in [4.78, 5) is 16.7. The van der Waals surface area contributed by atoms with Gasteiger partial charge in [-0.25, -0.2) is 13.1 Å². The lowest BCUT2D eigenvalue weighted by molar-refractivity contribution is -0.133. The lowest BCUT2D eigenvalue weighted by Crippen LogP contribution is -2.50. The van der Waals surface area contributed by atoms with E-state index in [1.54, 1.807) is 17.0 Å². The minimum absolute atomic E-state index is 0.0869. The minimum atomic E-state index is -3.52. The number of sulfonamides is 1. The summed E-state index contributed by atoms with van der Waals surface area (Å²) in [5.74, 6) is 0.361. The molecule has 0 saturated carbocycles. The van der Waals surface area contributed by atoms with Crippen molar-refractivity contribution in [2.75, 3.05) is 44.2 Å². The summed E-state index contributed by atoms with van der Waals surface area (Å²) < 4.78 is 32.3. The molecular formula is C22H28ClN3O4S. The van der Waals surface area contributed by atoms with E-state index in [0.717, 1.165) is 30.8 Å². The van der Waals surface area contributed by atoms with Crippen LogP contribution >= 0.6 is 11.6 Å². The van der Waals surface area contributed by atoms with Crippen LogP contribution in [0.15, 0.2) is 47.4 Å². The molecule has 31 heavy (non-hydrogen) atoms. The maximum absolute atomic E-state index is 12.5. The molecule has 1 saturated heterocycles. The van der Waals surface area contributed by atoms with Crippen molar-refractivity contribution in [1.29, 1.82) is 0 Å². The molecule has 0 aliphatic carbocycles. The highest BCUT2D eigenvalue weighted by atomic mass is 35.5. The first-order valence-corrected chi connectivity index (χ1v) is 12.2. The van der Waals surface area contributed by atoms with Crippen molar-refractivity contribution in [3.63, 3.8) is 0 Å². The quantitative estimate of drug-likeness (QED) is 0.648. The fourth-order valence-corrected chi connectivity index (χ4v) is 4.69. The molecule has 1 fully saturated rings. The minimum Gasteiger partial charge on any atom is -0.484 e. The van der Waals surface area contributed by atoms with Crippen molar-refractivity contribution in [2.24, 2.45) is 0 Å². The number of anilines is 1. The number of aryl methyl sites for hydroxylation is 1. The number of hydrogen-bond donors (Lipinski definition) is 1. The van der Waals surface area contributed by atoms with Gasteiger partial charge in [0.15, 0.2) is 6.61 Å². The third-order valence-electron chi connectivity index (χ3n) is 5.18. The molecule has 9 heteroatoms. The summed E-state index contributed by atoms with van der Waals surface area (Å²) >= 11 is 6.13. The van der Waals surface area contributed by atoms with Gasteiger partial charge in [0.2, 0.25) is 10.0 Å². The number of carbonyl (C=O) groups is 1. The van der Waals surface area contributed by atoms with Crippen molar-refractivity contribution in [1.82, 2.24) is 9.62 Å². The second-order valence-corrected chi connectivity index (χ2v) is 9.66. The maximum Gasteiger partial charge on any atom is 0.260 e. The highest BCUT2D eigenvalue weighted by Crippen LogP contribution is 2.25. The van der Waals surface area contributed by atoms with E-state index in [1.807, 2.05) is 32.0 Å². The number of amides is 1. The van der Waals surface area contributed by atoms with Crippen molar-refractivity contribution >= 4 is 33.2 Å². The second kappa shape index (κ2) is 10.3. The van der Waals surface area contributed by atoms with Gasteiger partial charge in [-0.3, -0.25) is 4.79 Å². The van der Waals surface area contributed by atoms with Gasteiger partial charge in [-0.2, -0.15) is 0 Å². The lowest BCUT2D eigenvalue weighted by Gasteiger charge is -2.36. The number of halogens is 1. The SMILES string of the molecule is CCCNS(=O)(=O)c1ccc(OCC(=O)N2CCN(c3cc(Cl)ccc3C)CC2)cc1. The molecule has 2 aromatic rings. The highest BCUT2D eigenvalue weighted by molar-refractivity contribution is 7.89. The Balaban J connectivity index is 1.50. The van der Waals surface area contributed by atoms with Gasteiger partial charge in [-0.1, -0.05) is 24.6 Å². The molecule has 0 aromatic heterocycles. The third-order valence-corrected chi connectivity index (χ3v) is 6.89. The number of rotatable bonds is 8. The molecule has 0 bridgehead atoms. The summed E-state index contributed by atoms with van der Waals surface area (Å²) in [6.07, 6.45) is 0.718. The Morgan fingerprint density at radius 2 is 1.77 bits per heavy atom. The molecule has 2 aromatic carbocycles. The predicted molar refractivity (Wildman–Crippen MR) is 122 cm³/mol. The fraction of sp³-hybridized carbons (Fsp3) is 0.409. The van der Waals surface area contributed by atoms with Crippen LogP contribution in [0.4, 0.5) is 5.69 Å². The van der Waals surface area contributed by atoms with Crippen LogP contribution in [-0.2, 0) is 14.8 Å². The van der Waals surface area contributed by atoms with Crippen LogP contribution in [0, 0.1) is 6.92 Å².